The fourth-order valence-electron chi connectivity index (χ4n) is 13.1. The number of amides is 1. The van der Waals surface area contributed by atoms with Crippen molar-refractivity contribution in [3.63, 3.8) is 0 Å². The first-order valence-electron chi connectivity index (χ1n) is 40.8. The van der Waals surface area contributed by atoms with Crippen LogP contribution in [0.2, 0.25) is 0 Å². The molecule has 0 aliphatic carbocycles. The molecule has 1 amide bonds. The molecule has 7 unspecified atom stereocenters. The first-order chi connectivity index (χ1) is 45.7. The van der Waals surface area contributed by atoms with Gasteiger partial charge in [0.15, 0.2) is 6.29 Å². The smallest absolute Gasteiger partial charge is 0.305 e. The minimum Gasteiger partial charge on any atom is -0.466 e. The van der Waals surface area contributed by atoms with Crippen LogP contribution in [0.25, 0.3) is 0 Å². The Morgan fingerprint density at radius 2 is 0.720 bits per heavy atom. The van der Waals surface area contributed by atoms with E-state index in [1.165, 1.54) is 321 Å². The van der Waals surface area contributed by atoms with Gasteiger partial charge in [0.05, 0.1) is 32.0 Å². The first kappa shape index (κ1) is 88.9. The molecule has 11 heteroatoms. The Kier molecular flexibility index (Phi) is 68.0. The molecular weight excluding hydrogens is 1160 g/mol. The molecule has 0 radical (unpaired) electrons. The SMILES string of the molecule is CCCCC/C=C\C/C=C\CCCCCCCCCC(=O)OCCCCCCCCCCCCCCCCCCCCCCCCCCCCCCCCCCCCCCCCCC(=O)NC(COC1OC(CO)C(O)C(O)C1O)C(O)/C=C/CCCCCCCCC. The lowest BCUT2D eigenvalue weighted by molar-refractivity contribution is -0.302. The van der Waals surface area contributed by atoms with E-state index < -0.39 is 49.5 Å². The second-order valence-corrected chi connectivity index (χ2v) is 28.5. The highest BCUT2D eigenvalue weighted by Gasteiger charge is 2.44. The summed E-state index contributed by atoms with van der Waals surface area (Å²) in [5.74, 6) is -0.165. The zero-order valence-corrected chi connectivity index (χ0v) is 61.2. The molecule has 1 fully saturated rings. The van der Waals surface area contributed by atoms with Crippen molar-refractivity contribution in [1.29, 1.82) is 0 Å². The summed E-state index contributed by atoms with van der Waals surface area (Å²) in [7, 11) is 0. The van der Waals surface area contributed by atoms with Gasteiger partial charge >= 0.3 is 5.97 Å². The predicted molar refractivity (Wildman–Crippen MR) is 394 cm³/mol. The largest absolute Gasteiger partial charge is 0.466 e. The van der Waals surface area contributed by atoms with Gasteiger partial charge in [0.2, 0.25) is 5.91 Å². The van der Waals surface area contributed by atoms with Crippen LogP contribution in [0, 0.1) is 0 Å². The van der Waals surface area contributed by atoms with Gasteiger partial charge in [-0.2, -0.15) is 0 Å². The summed E-state index contributed by atoms with van der Waals surface area (Å²) in [6.07, 6.45) is 83.5. The van der Waals surface area contributed by atoms with E-state index >= 15 is 0 Å². The summed E-state index contributed by atoms with van der Waals surface area (Å²) >= 11 is 0. The van der Waals surface area contributed by atoms with E-state index in [1.54, 1.807) is 6.08 Å². The van der Waals surface area contributed by atoms with Gasteiger partial charge in [0.25, 0.3) is 0 Å². The molecule has 548 valence electrons. The lowest BCUT2D eigenvalue weighted by Crippen LogP contribution is -2.60. The summed E-state index contributed by atoms with van der Waals surface area (Å²) in [5.41, 5.74) is 0. The number of allylic oxidation sites excluding steroid dienone is 5. The normalized spacial score (nSPS) is 17.6. The Morgan fingerprint density at radius 3 is 1.11 bits per heavy atom. The molecule has 93 heavy (non-hydrogen) atoms. The second kappa shape index (κ2) is 71.2. The van der Waals surface area contributed by atoms with E-state index in [9.17, 15) is 35.1 Å². The monoisotopic (exact) mass is 1310 g/mol. The van der Waals surface area contributed by atoms with Crippen LogP contribution in [0.15, 0.2) is 36.5 Å². The molecular formula is C82H155NO10. The number of aliphatic hydroxyl groups is 5. The third kappa shape index (κ3) is 59.6. The summed E-state index contributed by atoms with van der Waals surface area (Å²) in [4.78, 5) is 25.1. The Hall–Kier alpha value is -2.12. The van der Waals surface area contributed by atoms with Crippen molar-refractivity contribution in [2.45, 2.75) is 455 Å². The van der Waals surface area contributed by atoms with E-state index in [0.717, 1.165) is 64.2 Å². The van der Waals surface area contributed by atoms with Crippen LogP contribution in [0.1, 0.15) is 412 Å². The maximum atomic E-state index is 13.0. The van der Waals surface area contributed by atoms with E-state index in [1.807, 2.05) is 6.08 Å². The van der Waals surface area contributed by atoms with Gasteiger partial charge in [0.1, 0.15) is 24.4 Å². The Labute approximate surface area is 574 Å². The predicted octanol–water partition coefficient (Wildman–Crippen LogP) is 22.1. The Morgan fingerprint density at radius 1 is 0.398 bits per heavy atom. The Bertz CT molecular complexity index is 1640. The minimum atomic E-state index is -1.57. The number of esters is 1. The van der Waals surface area contributed by atoms with Crippen molar-refractivity contribution in [2.75, 3.05) is 19.8 Å². The molecule has 7 atom stereocenters. The van der Waals surface area contributed by atoms with Crippen molar-refractivity contribution in [1.82, 2.24) is 5.32 Å². The molecule has 0 spiro atoms. The summed E-state index contributed by atoms with van der Waals surface area (Å²) in [6.45, 7) is 4.34. The van der Waals surface area contributed by atoms with Crippen molar-refractivity contribution >= 4 is 11.9 Å². The van der Waals surface area contributed by atoms with Crippen LogP contribution in [0.4, 0.5) is 0 Å². The first-order valence-corrected chi connectivity index (χ1v) is 40.8. The van der Waals surface area contributed by atoms with Crippen LogP contribution in [0.5, 0.6) is 0 Å². The van der Waals surface area contributed by atoms with Gasteiger partial charge in [0, 0.05) is 12.8 Å². The maximum absolute atomic E-state index is 13.0. The van der Waals surface area contributed by atoms with Gasteiger partial charge in [-0.05, 0) is 64.2 Å². The van der Waals surface area contributed by atoms with Crippen molar-refractivity contribution < 1.29 is 49.3 Å². The zero-order chi connectivity index (χ0) is 67.2. The fraction of sp³-hybridized carbons (Fsp3) is 0.902. The van der Waals surface area contributed by atoms with Crippen LogP contribution in [-0.4, -0.2) is 100 Å². The average Bonchev–Trinajstić information content (AvgIpc) is 0.878. The molecule has 0 aromatic carbocycles. The number of ether oxygens (including phenoxy) is 3. The molecule has 0 bridgehead atoms. The van der Waals surface area contributed by atoms with Crippen LogP contribution >= 0.6 is 0 Å². The summed E-state index contributed by atoms with van der Waals surface area (Å²) in [5, 5.41) is 54.4. The zero-order valence-electron chi connectivity index (χ0n) is 61.2. The summed E-state index contributed by atoms with van der Waals surface area (Å²) < 4.78 is 16.7. The number of hydrogen-bond acceptors (Lipinski definition) is 10. The van der Waals surface area contributed by atoms with Crippen LogP contribution < -0.4 is 5.32 Å². The molecule has 1 aliphatic heterocycles. The molecule has 0 aromatic rings. The highest BCUT2D eigenvalue weighted by Crippen LogP contribution is 2.24. The van der Waals surface area contributed by atoms with Gasteiger partial charge in [-0.3, -0.25) is 9.59 Å². The van der Waals surface area contributed by atoms with E-state index in [4.69, 9.17) is 14.2 Å². The van der Waals surface area contributed by atoms with E-state index in [0.29, 0.717) is 19.4 Å². The molecule has 1 rings (SSSR count). The number of rotatable bonds is 73. The highest BCUT2D eigenvalue weighted by molar-refractivity contribution is 5.76. The third-order valence-electron chi connectivity index (χ3n) is 19.5. The van der Waals surface area contributed by atoms with Gasteiger partial charge in [-0.15, -0.1) is 0 Å². The topological polar surface area (TPSA) is 175 Å². The lowest BCUT2D eigenvalue weighted by atomic mass is 9.99. The van der Waals surface area contributed by atoms with Gasteiger partial charge < -0.3 is 45.1 Å². The number of hydrogen-bond donors (Lipinski definition) is 6. The van der Waals surface area contributed by atoms with Crippen LogP contribution in [0.3, 0.4) is 0 Å². The number of carbonyl (C=O) groups is 2. The molecule has 1 heterocycles. The van der Waals surface area contributed by atoms with Gasteiger partial charge in [-0.25, -0.2) is 0 Å². The maximum Gasteiger partial charge on any atom is 0.305 e. The van der Waals surface area contributed by atoms with Crippen molar-refractivity contribution in [3.05, 3.63) is 36.5 Å². The molecule has 0 saturated carbocycles. The minimum absolute atomic E-state index is 0.0111. The lowest BCUT2D eigenvalue weighted by Gasteiger charge is -2.40. The molecule has 1 saturated heterocycles. The molecule has 0 aromatic heterocycles. The van der Waals surface area contributed by atoms with E-state index in [2.05, 4.69) is 43.5 Å². The number of unbranched alkanes of at least 4 members (excludes halogenated alkanes) is 55. The average molecular weight is 1320 g/mol. The number of carbonyl (C=O) groups excluding carboxylic acids is 2. The van der Waals surface area contributed by atoms with Gasteiger partial charge in [-0.1, -0.05) is 371 Å². The standard InChI is InChI=1S/C82H155NO10/c1-3-5-7-9-11-13-14-15-16-40-44-47-50-54-58-62-66-70-78(87)91-71-67-63-59-55-51-48-45-42-39-37-35-33-31-29-27-25-23-21-19-17-18-20-22-24-26-28-30-32-34-36-38-41-43-46-49-53-57-61-65-69-77(86)83-74(75(85)68-64-60-56-52-12-10-8-6-4-2)73-92-82-81(90)80(89)79(88)76(72-84)93-82/h11,13,15-16,64,68,74-76,79-82,84-85,88-90H,3-10,12,14,17-63,65-67,69-73H2,1-2H3,(H,83,86)/b13-11-,16-15-,68-64+. The van der Waals surface area contributed by atoms with Crippen LogP contribution in [-0.2, 0) is 23.8 Å². The Balaban J connectivity index is 1.82. The van der Waals surface area contributed by atoms with Crippen molar-refractivity contribution in [2.24, 2.45) is 0 Å². The number of nitrogens with one attached hydrogen (secondary N) is 1. The fourth-order valence-corrected chi connectivity index (χ4v) is 13.1. The second-order valence-electron chi connectivity index (χ2n) is 28.5. The molecule has 6 N–H and O–H groups in total. The number of aliphatic hydroxyl groups excluding tert-OH is 5. The summed E-state index contributed by atoms with van der Waals surface area (Å²) in [6, 6.07) is -0.804. The van der Waals surface area contributed by atoms with Crippen molar-refractivity contribution in [3.8, 4) is 0 Å². The van der Waals surface area contributed by atoms with E-state index in [-0.39, 0.29) is 18.5 Å². The third-order valence-corrected chi connectivity index (χ3v) is 19.5. The molecule has 1 aliphatic rings. The molecule has 11 nitrogen and oxygen atoms in total. The highest BCUT2D eigenvalue weighted by atomic mass is 16.7. The quantitative estimate of drug-likeness (QED) is 0.0195.